The first-order chi connectivity index (χ1) is 11.8. The lowest BCUT2D eigenvalue weighted by molar-refractivity contribution is -0.132. The van der Waals surface area contributed by atoms with E-state index in [1.165, 1.54) is 12.5 Å². The van der Waals surface area contributed by atoms with E-state index in [0.717, 1.165) is 19.3 Å². The van der Waals surface area contributed by atoms with Crippen LogP contribution in [0.1, 0.15) is 53.4 Å². The second kappa shape index (κ2) is 10.1. The van der Waals surface area contributed by atoms with E-state index >= 15 is 0 Å². The second-order valence-electron chi connectivity index (χ2n) is 6.51. The number of likely N-dealkylation sites (tertiary alicyclic amines) is 1. The Morgan fingerprint density at radius 1 is 1.28 bits per heavy atom. The highest BCUT2D eigenvalue weighted by Crippen LogP contribution is 2.25. The molecule has 0 saturated carbocycles. The van der Waals surface area contributed by atoms with Crippen molar-refractivity contribution in [3.63, 3.8) is 0 Å². The van der Waals surface area contributed by atoms with Gasteiger partial charge in [0.2, 0.25) is 5.91 Å². The molecule has 1 heterocycles. The molecule has 7 nitrogen and oxygen atoms in total. The first-order valence-corrected chi connectivity index (χ1v) is 8.93. The minimum Gasteiger partial charge on any atom is -0.343 e. The smallest absolute Gasteiger partial charge is 0.285 e. The third kappa shape index (κ3) is 6.08. The Morgan fingerprint density at radius 3 is 2.32 bits per heavy atom. The summed E-state index contributed by atoms with van der Waals surface area (Å²) in [5.41, 5.74) is 3.42. The van der Waals surface area contributed by atoms with Gasteiger partial charge < -0.3 is 10.3 Å². The normalized spacial score (nSPS) is 18.0. The van der Waals surface area contributed by atoms with Gasteiger partial charge in [0.25, 0.3) is 5.91 Å². The van der Waals surface area contributed by atoms with Crippen LogP contribution in [-0.2, 0) is 9.59 Å². The maximum absolute atomic E-state index is 11.9. The Morgan fingerprint density at radius 2 is 1.88 bits per heavy atom. The summed E-state index contributed by atoms with van der Waals surface area (Å²) < 4.78 is 0. The highest BCUT2D eigenvalue weighted by atomic mass is 16.2. The van der Waals surface area contributed by atoms with Crippen LogP contribution in [0.4, 0.5) is 0 Å². The number of hydrazine groups is 1. The van der Waals surface area contributed by atoms with Crippen molar-refractivity contribution in [3.8, 4) is 0 Å². The minimum absolute atomic E-state index is 0.0692. The van der Waals surface area contributed by atoms with Crippen LogP contribution >= 0.6 is 0 Å². The lowest BCUT2D eigenvalue weighted by atomic mass is 9.88. The number of aliphatic imine (C=N–C) groups is 1. The molecule has 1 unspecified atom stereocenters. The van der Waals surface area contributed by atoms with Crippen molar-refractivity contribution in [2.24, 2.45) is 16.8 Å². The molecule has 0 aromatic rings. The van der Waals surface area contributed by atoms with Crippen LogP contribution in [0.15, 0.2) is 16.6 Å². The van der Waals surface area contributed by atoms with Crippen LogP contribution in [0.25, 0.3) is 0 Å². The van der Waals surface area contributed by atoms with Gasteiger partial charge in [-0.25, -0.2) is 5.84 Å². The molecule has 1 fully saturated rings. The van der Waals surface area contributed by atoms with Crippen LogP contribution in [0.3, 0.4) is 0 Å². The van der Waals surface area contributed by atoms with Crippen molar-refractivity contribution in [1.82, 2.24) is 10.3 Å². The van der Waals surface area contributed by atoms with Gasteiger partial charge in [-0.15, -0.1) is 0 Å². The van der Waals surface area contributed by atoms with Crippen LogP contribution in [0, 0.1) is 11.3 Å². The van der Waals surface area contributed by atoms with Crippen molar-refractivity contribution in [2.75, 3.05) is 13.1 Å². The van der Waals surface area contributed by atoms with Crippen molar-refractivity contribution >= 4 is 23.2 Å². The van der Waals surface area contributed by atoms with Gasteiger partial charge in [0.1, 0.15) is 5.71 Å². The number of hydrogen-bond donors (Lipinski definition) is 3. The number of nitrogens with zero attached hydrogens (tertiary/aromatic N) is 2. The highest BCUT2D eigenvalue weighted by molar-refractivity contribution is 6.65. The van der Waals surface area contributed by atoms with Gasteiger partial charge in [0.05, 0.1) is 11.8 Å². The zero-order valence-electron chi connectivity index (χ0n) is 15.8. The largest absolute Gasteiger partial charge is 0.343 e. The van der Waals surface area contributed by atoms with E-state index in [1.807, 2.05) is 18.7 Å². The molecule has 1 atom stereocenters. The fourth-order valence-corrected chi connectivity index (χ4v) is 2.95. The second-order valence-corrected chi connectivity index (χ2v) is 6.51. The maximum Gasteiger partial charge on any atom is 0.285 e. The number of carbonyl (C=O) groups excluding carboxylic acids is 2. The summed E-state index contributed by atoms with van der Waals surface area (Å²) in [6.45, 7) is 8.95. The van der Waals surface area contributed by atoms with E-state index < -0.39 is 5.91 Å². The molecule has 140 valence electrons. The number of carbonyl (C=O) groups is 2. The molecule has 0 aromatic heterocycles. The Hall–Kier alpha value is -2.02. The molecule has 7 heteroatoms. The Kier molecular flexibility index (Phi) is 8.48. The maximum atomic E-state index is 11.9. The third-order valence-corrected chi connectivity index (χ3v) is 4.67. The fraction of sp³-hybridized carbons (Fsp3) is 0.667. The number of piperidine rings is 1. The van der Waals surface area contributed by atoms with E-state index in [2.05, 4.69) is 23.4 Å². The number of nitrogens with one attached hydrogen (secondary N) is 2. The molecule has 0 aromatic carbocycles. The van der Waals surface area contributed by atoms with Gasteiger partial charge in [-0.05, 0) is 39.0 Å². The molecule has 1 aliphatic heterocycles. The highest BCUT2D eigenvalue weighted by Gasteiger charge is 2.28. The predicted molar refractivity (Wildman–Crippen MR) is 101 cm³/mol. The Balaban J connectivity index is 3.04. The quantitative estimate of drug-likeness (QED) is 0.214. The van der Waals surface area contributed by atoms with Crippen LogP contribution in [0.5, 0.6) is 0 Å². The zero-order chi connectivity index (χ0) is 19.0. The first kappa shape index (κ1) is 21.0. The molecule has 4 N–H and O–H groups in total. The van der Waals surface area contributed by atoms with Gasteiger partial charge in [0, 0.05) is 19.5 Å². The lowest BCUT2D eigenvalue weighted by Crippen LogP contribution is -2.42. The Labute approximate surface area is 150 Å². The monoisotopic (exact) mass is 349 g/mol. The molecule has 1 rings (SSSR count). The number of rotatable bonds is 7. The molecule has 0 spiro atoms. The first-order valence-electron chi connectivity index (χ1n) is 8.93. The lowest BCUT2D eigenvalue weighted by Gasteiger charge is -2.34. The summed E-state index contributed by atoms with van der Waals surface area (Å²) in [5, 5.41) is 7.81. The summed E-state index contributed by atoms with van der Waals surface area (Å²) in [5.74, 6) is 5.10. The molecule has 1 aliphatic rings. The standard InChI is InChI=1S/C18H31N5O2/c1-5-12(3)11-15(21-17(13(4)19)18(25)22-20)14-7-9-23(10-8-14)16(24)6-2/h11,14-15,19H,5-10,20H2,1-4H3,(H,22,25). The average molecular weight is 349 g/mol. The zero-order valence-corrected chi connectivity index (χ0v) is 15.8. The molecular weight excluding hydrogens is 318 g/mol. The topological polar surface area (TPSA) is 112 Å². The number of amides is 2. The molecule has 0 radical (unpaired) electrons. The molecule has 2 amide bonds. The van der Waals surface area contributed by atoms with Gasteiger partial charge >= 0.3 is 0 Å². The molecule has 25 heavy (non-hydrogen) atoms. The van der Waals surface area contributed by atoms with Crippen molar-refractivity contribution < 1.29 is 9.59 Å². The summed E-state index contributed by atoms with van der Waals surface area (Å²) in [6, 6.07) is -0.188. The van der Waals surface area contributed by atoms with Gasteiger partial charge in [-0.2, -0.15) is 0 Å². The summed E-state index contributed by atoms with van der Waals surface area (Å²) >= 11 is 0. The van der Waals surface area contributed by atoms with Crippen LogP contribution in [0.2, 0.25) is 0 Å². The predicted octanol–water partition coefficient (Wildman–Crippen LogP) is 1.83. The number of hydrogen-bond acceptors (Lipinski definition) is 5. The molecule has 1 saturated heterocycles. The summed E-state index contributed by atoms with van der Waals surface area (Å²) in [7, 11) is 0. The van der Waals surface area contributed by atoms with Crippen molar-refractivity contribution in [1.29, 1.82) is 5.41 Å². The van der Waals surface area contributed by atoms with E-state index in [-0.39, 0.29) is 29.3 Å². The van der Waals surface area contributed by atoms with E-state index in [4.69, 9.17) is 11.3 Å². The fourth-order valence-electron chi connectivity index (χ4n) is 2.95. The van der Waals surface area contributed by atoms with Gasteiger partial charge in [-0.1, -0.05) is 25.5 Å². The van der Waals surface area contributed by atoms with Gasteiger partial charge in [-0.3, -0.25) is 20.0 Å². The van der Waals surface area contributed by atoms with Crippen LogP contribution in [-0.4, -0.2) is 47.3 Å². The average Bonchev–Trinajstić information content (AvgIpc) is 2.63. The number of allylic oxidation sites excluding steroid dienone is 1. The number of nitrogens with two attached hydrogens (primary N) is 1. The molecule has 0 aliphatic carbocycles. The third-order valence-electron chi connectivity index (χ3n) is 4.67. The molecule has 0 bridgehead atoms. The molecular formula is C18H31N5O2. The van der Waals surface area contributed by atoms with Crippen molar-refractivity contribution in [3.05, 3.63) is 11.6 Å². The van der Waals surface area contributed by atoms with Gasteiger partial charge in [0.15, 0.2) is 0 Å². The summed E-state index contributed by atoms with van der Waals surface area (Å²) in [6.07, 6.45) is 5.18. The van der Waals surface area contributed by atoms with E-state index in [9.17, 15) is 9.59 Å². The SMILES string of the molecule is CCC(=O)N1CCC(C(C=C(C)CC)N=C(C(C)=N)C(=O)NN)CC1. The Bertz CT molecular complexity index is 560. The minimum atomic E-state index is -0.543. The van der Waals surface area contributed by atoms with E-state index in [0.29, 0.717) is 19.5 Å². The van der Waals surface area contributed by atoms with Crippen LogP contribution < -0.4 is 11.3 Å². The van der Waals surface area contributed by atoms with E-state index in [1.54, 1.807) is 0 Å². The summed E-state index contributed by atoms with van der Waals surface area (Å²) in [4.78, 5) is 30.2. The van der Waals surface area contributed by atoms with Crippen molar-refractivity contribution in [2.45, 2.75) is 59.4 Å².